The van der Waals surface area contributed by atoms with Gasteiger partial charge in [0, 0.05) is 18.5 Å². The summed E-state index contributed by atoms with van der Waals surface area (Å²) in [7, 11) is 0. The van der Waals surface area contributed by atoms with E-state index in [0.29, 0.717) is 12.3 Å². The topological polar surface area (TPSA) is 93.2 Å². The maximum absolute atomic E-state index is 12.5. The maximum atomic E-state index is 12.5. The minimum Gasteiger partial charge on any atom is -0.376 e. The van der Waals surface area contributed by atoms with Crippen molar-refractivity contribution in [1.82, 2.24) is 9.55 Å². The van der Waals surface area contributed by atoms with Gasteiger partial charge in [-0.1, -0.05) is 12.1 Å². The maximum Gasteiger partial charge on any atom is 0.328 e. The van der Waals surface area contributed by atoms with E-state index < -0.39 is 17.2 Å². The highest BCUT2D eigenvalue weighted by Gasteiger charge is 2.20. The summed E-state index contributed by atoms with van der Waals surface area (Å²) in [6, 6.07) is 7.26. The van der Waals surface area contributed by atoms with Crippen molar-refractivity contribution < 1.29 is 9.53 Å². The Kier molecular flexibility index (Phi) is 4.61. The molecule has 1 aromatic heterocycles. The molecule has 0 spiro atoms. The number of amides is 1. The van der Waals surface area contributed by atoms with Crippen LogP contribution in [0.4, 0.5) is 5.69 Å². The zero-order valence-electron chi connectivity index (χ0n) is 13.4. The highest BCUT2D eigenvalue weighted by molar-refractivity contribution is 6.03. The fraction of sp³-hybridized carbons (Fsp3) is 0.353. The first-order valence-electron chi connectivity index (χ1n) is 7.87. The van der Waals surface area contributed by atoms with Crippen molar-refractivity contribution in [2.24, 2.45) is 0 Å². The first-order chi connectivity index (χ1) is 11.5. The molecular formula is C17H19N3O4. The Hall–Kier alpha value is -2.67. The Bertz CT molecular complexity index is 863. The number of aromatic nitrogens is 2. The molecule has 1 unspecified atom stereocenters. The number of hydrogen-bond acceptors (Lipinski definition) is 4. The number of nitrogens with zero attached hydrogens (tertiary/aromatic N) is 1. The van der Waals surface area contributed by atoms with Gasteiger partial charge < -0.3 is 15.0 Å². The highest BCUT2D eigenvalue weighted by Crippen LogP contribution is 2.13. The van der Waals surface area contributed by atoms with Gasteiger partial charge >= 0.3 is 5.69 Å². The summed E-state index contributed by atoms with van der Waals surface area (Å²) in [6.45, 7) is 2.69. The number of carbonyl (C=O) groups is 1. The van der Waals surface area contributed by atoms with Crippen molar-refractivity contribution in [2.75, 3.05) is 11.9 Å². The molecule has 2 aromatic rings. The smallest absolute Gasteiger partial charge is 0.328 e. The summed E-state index contributed by atoms with van der Waals surface area (Å²) < 4.78 is 6.49. The van der Waals surface area contributed by atoms with Gasteiger partial charge in [-0.15, -0.1) is 0 Å². The molecule has 0 saturated carbocycles. The van der Waals surface area contributed by atoms with E-state index in [2.05, 4.69) is 10.3 Å². The van der Waals surface area contributed by atoms with Crippen LogP contribution in [-0.4, -0.2) is 28.2 Å². The second-order valence-electron chi connectivity index (χ2n) is 5.88. The molecule has 7 heteroatoms. The van der Waals surface area contributed by atoms with Crippen LogP contribution in [-0.2, 0) is 11.3 Å². The molecule has 1 amide bonds. The molecule has 2 N–H and O–H groups in total. The van der Waals surface area contributed by atoms with Gasteiger partial charge in [-0.25, -0.2) is 4.79 Å². The van der Waals surface area contributed by atoms with Gasteiger partial charge in [0.1, 0.15) is 5.56 Å². The largest absolute Gasteiger partial charge is 0.376 e. The lowest BCUT2D eigenvalue weighted by Gasteiger charge is -2.12. The van der Waals surface area contributed by atoms with Gasteiger partial charge in [0.25, 0.3) is 11.5 Å². The Labute approximate surface area is 138 Å². The van der Waals surface area contributed by atoms with Crippen LogP contribution < -0.4 is 16.6 Å². The van der Waals surface area contributed by atoms with Gasteiger partial charge in [0.15, 0.2) is 0 Å². The van der Waals surface area contributed by atoms with E-state index in [9.17, 15) is 14.4 Å². The third kappa shape index (κ3) is 3.46. The van der Waals surface area contributed by atoms with Crippen LogP contribution in [0.5, 0.6) is 0 Å². The van der Waals surface area contributed by atoms with Gasteiger partial charge in [-0.3, -0.25) is 14.2 Å². The van der Waals surface area contributed by atoms with Gasteiger partial charge in [-0.2, -0.15) is 0 Å². The van der Waals surface area contributed by atoms with Crippen molar-refractivity contribution in [3.63, 3.8) is 0 Å². The number of anilines is 1. The fourth-order valence-electron chi connectivity index (χ4n) is 2.75. The molecule has 1 aromatic carbocycles. The fourth-order valence-corrected chi connectivity index (χ4v) is 2.75. The Morgan fingerprint density at radius 1 is 1.42 bits per heavy atom. The minimum atomic E-state index is -0.612. The normalized spacial score (nSPS) is 17.0. The number of nitrogens with one attached hydrogen (secondary N) is 2. The molecule has 0 bridgehead atoms. The van der Waals surface area contributed by atoms with Gasteiger partial charge in [-0.05, 0) is 37.5 Å². The second kappa shape index (κ2) is 6.84. The minimum absolute atomic E-state index is 0.103. The molecule has 2 heterocycles. The third-order valence-electron chi connectivity index (χ3n) is 3.99. The van der Waals surface area contributed by atoms with Crippen molar-refractivity contribution in [3.05, 3.63) is 62.4 Å². The number of carbonyl (C=O) groups excluding carboxylic acids is 1. The van der Waals surface area contributed by atoms with E-state index in [1.165, 1.54) is 0 Å². The first-order valence-corrected chi connectivity index (χ1v) is 7.87. The Balaban J connectivity index is 1.86. The average molecular weight is 329 g/mol. The number of benzene rings is 1. The molecule has 0 aliphatic carbocycles. The summed E-state index contributed by atoms with van der Waals surface area (Å²) in [6.07, 6.45) is 2.69. The van der Waals surface area contributed by atoms with Gasteiger partial charge in [0.05, 0.1) is 12.6 Å². The molecule has 1 saturated heterocycles. The van der Waals surface area contributed by atoms with Crippen LogP contribution in [0.2, 0.25) is 0 Å². The van der Waals surface area contributed by atoms with Crippen molar-refractivity contribution >= 4 is 11.6 Å². The number of aromatic amines is 1. The van der Waals surface area contributed by atoms with Crippen molar-refractivity contribution in [1.29, 1.82) is 0 Å². The second-order valence-corrected chi connectivity index (χ2v) is 5.88. The monoisotopic (exact) mass is 329 g/mol. The molecule has 0 radical (unpaired) electrons. The number of H-pyrrole nitrogens is 1. The molecular weight excluding hydrogens is 310 g/mol. The molecule has 3 rings (SSSR count). The van der Waals surface area contributed by atoms with Crippen LogP contribution in [0.15, 0.2) is 40.1 Å². The van der Waals surface area contributed by atoms with Crippen LogP contribution in [0.1, 0.15) is 28.8 Å². The molecule has 1 aliphatic heterocycles. The average Bonchev–Trinajstić information content (AvgIpc) is 3.04. The van der Waals surface area contributed by atoms with E-state index in [-0.39, 0.29) is 18.2 Å². The Morgan fingerprint density at radius 3 is 2.96 bits per heavy atom. The van der Waals surface area contributed by atoms with Crippen LogP contribution in [0.3, 0.4) is 0 Å². The lowest BCUT2D eigenvalue weighted by atomic mass is 10.2. The summed E-state index contributed by atoms with van der Waals surface area (Å²) in [5.74, 6) is -0.553. The molecule has 126 valence electrons. The zero-order valence-corrected chi connectivity index (χ0v) is 13.4. The van der Waals surface area contributed by atoms with E-state index >= 15 is 0 Å². The molecule has 1 fully saturated rings. The standard InChI is InChI=1S/C17H19N3O4/c1-11-4-2-5-12(8-11)19-15(21)14-9-18-17(23)20(16(14)22)10-13-6-3-7-24-13/h2,4-5,8-9,13H,3,6-7,10H2,1H3,(H,18,23)(H,19,21). The van der Waals surface area contributed by atoms with E-state index in [1.54, 1.807) is 12.1 Å². The van der Waals surface area contributed by atoms with E-state index in [1.807, 2.05) is 19.1 Å². The van der Waals surface area contributed by atoms with E-state index in [4.69, 9.17) is 4.74 Å². The number of rotatable bonds is 4. The summed E-state index contributed by atoms with van der Waals surface area (Å²) in [5, 5.41) is 2.67. The van der Waals surface area contributed by atoms with Crippen molar-refractivity contribution in [3.8, 4) is 0 Å². The van der Waals surface area contributed by atoms with Crippen LogP contribution in [0, 0.1) is 6.92 Å². The number of hydrogen-bond donors (Lipinski definition) is 2. The lowest BCUT2D eigenvalue weighted by molar-refractivity contribution is 0.0941. The summed E-state index contributed by atoms with van der Waals surface area (Å²) in [4.78, 5) is 39.2. The van der Waals surface area contributed by atoms with Crippen LogP contribution >= 0.6 is 0 Å². The summed E-state index contributed by atoms with van der Waals surface area (Å²) >= 11 is 0. The predicted molar refractivity (Wildman–Crippen MR) is 89.4 cm³/mol. The first kappa shape index (κ1) is 16.2. The third-order valence-corrected chi connectivity index (χ3v) is 3.99. The summed E-state index contributed by atoms with van der Waals surface area (Å²) in [5.41, 5.74) is 0.331. The van der Waals surface area contributed by atoms with Gasteiger partial charge in [0.2, 0.25) is 0 Å². The van der Waals surface area contributed by atoms with Crippen LogP contribution in [0.25, 0.3) is 0 Å². The van der Waals surface area contributed by atoms with Crippen molar-refractivity contribution in [2.45, 2.75) is 32.4 Å². The zero-order chi connectivity index (χ0) is 17.1. The molecule has 1 aliphatic rings. The highest BCUT2D eigenvalue weighted by atomic mass is 16.5. The predicted octanol–water partition coefficient (Wildman–Crippen LogP) is 1.28. The number of ether oxygens (including phenoxy) is 1. The van der Waals surface area contributed by atoms with E-state index in [0.717, 1.165) is 29.2 Å². The lowest BCUT2D eigenvalue weighted by Crippen LogP contribution is -2.41. The number of aryl methyl sites for hydroxylation is 1. The molecule has 7 nitrogen and oxygen atoms in total. The molecule has 24 heavy (non-hydrogen) atoms. The quantitative estimate of drug-likeness (QED) is 0.883. The molecule has 1 atom stereocenters. The Morgan fingerprint density at radius 2 is 2.25 bits per heavy atom. The SMILES string of the molecule is Cc1cccc(NC(=O)c2c[nH]c(=O)n(CC3CCCO3)c2=O)c1.